The van der Waals surface area contributed by atoms with Gasteiger partial charge in [-0.05, 0) is 25.1 Å². The second-order valence-corrected chi connectivity index (χ2v) is 3.72. The number of nitrogens with one attached hydrogen (secondary N) is 1. The van der Waals surface area contributed by atoms with Gasteiger partial charge in [0.15, 0.2) is 0 Å². The average Bonchev–Trinajstić information content (AvgIpc) is 2.28. The molecule has 0 amide bonds. The molecule has 1 aromatic rings. The van der Waals surface area contributed by atoms with Crippen molar-refractivity contribution in [1.29, 1.82) is 0 Å². The molecule has 1 aromatic carbocycles. The first-order chi connectivity index (χ1) is 7.55. The van der Waals surface area contributed by atoms with Gasteiger partial charge in [-0.1, -0.05) is 0 Å². The first-order valence-corrected chi connectivity index (χ1v) is 4.93. The number of aliphatic hydroxyl groups is 1. The lowest BCUT2D eigenvalue weighted by Crippen LogP contribution is -2.39. The highest BCUT2D eigenvalue weighted by atomic mass is 16.5. The van der Waals surface area contributed by atoms with Crippen molar-refractivity contribution in [3.63, 3.8) is 0 Å². The number of hydrogen-bond acceptors (Lipinski definition) is 5. The molecule has 0 bridgehead atoms. The quantitative estimate of drug-likeness (QED) is 0.499. The molecule has 5 nitrogen and oxygen atoms in total. The molecule has 90 valence electrons. The summed E-state index contributed by atoms with van der Waals surface area (Å²) in [6.45, 7) is 1.88. The van der Waals surface area contributed by atoms with Crippen molar-refractivity contribution in [2.45, 2.75) is 12.5 Å². The van der Waals surface area contributed by atoms with Gasteiger partial charge >= 0.3 is 0 Å². The molecule has 0 aliphatic rings. The van der Waals surface area contributed by atoms with E-state index in [1.807, 2.05) is 0 Å². The second kappa shape index (κ2) is 5.16. The third-order valence-electron chi connectivity index (χ3n) is 2.43. The minimum Gasteiger partial charge on any atom is -0.497 e. The monoisotopic (exact) mass is 226 g/mol. The Morgan fingerprint density at radius 1 is 1.38 bits per heavy atom. The molecule has 0 radical (unpaired) electrons. The van der Waals surface area contributed by atoms with Gasteiger partial charge in [0.25, 0.3) is 0 Å². The standard InChI is InChI=1S/C11H18N2O3/c1-11(14,7-13-12)9-6-8(15-2)4-5-10(9)16-3/h4-6,13-14H,7,12H2,1-3H3. The molecule has 4 N–H and O–H groups in total. The summed E-state index contributed by atoms with van der Waals surface area (Å²) in [6.07, 6.45) is 0. The van der Waals surface area contributed by atoms with Crippen LogP contribution in [0.15, 0.2) is 18.2 Å². The van der Waals surface area contributed by atoms with Crippen LogP contribution >= 0.6 is 0 Å². The van der Waals surface area contributed by atoms with E-state index in [4.69, 9.17) is 15.3 Å². The topological polar surface area (TPSA) is 76.7 Å². The third-order valence-corrected chi connectivity index (χ3v) is 2.43. The van der Waals surface area contributed by atoms with E-state index in [1.165, 1.54) is 0 Å². The third kappa shape index (κ3) is 2.63. The number of benzene rings is 1. The molecule has 0 aliphatic heterocycles. The fourth-order valence-electron chi connectivity index (χ4n) is 1.53. The van der Waals surface area contributed by atoms with Gasteiger partial charge in [-0.3, -0.25) is 11.3 Å². The van der Waals surface area contributed by atoms with Crippen molar-refractivity contribution in [2.75, 3.05) is 20.8 Å². The molecule has 16 heavy (non-hydrogen) atoms. The Hall–Kier alpha value is -1.30. The molecular formula is C11H18N2O3. The van der Waals surface area contributed by atoms with Gasteiger partial charge in [0.1, 0.15) is 17.1 Å². The maximum atomic E-state index is 10.2. The molecule has 1 unspecified atom stereocenters. The van der Waals surface area contributed by atoms with Crippen LogP contribution in [0.4, 0.5) is 0 Å². The molecule has 0 aromatic heterocycles. The van der Waals surface area contributed by atoms with Crippen LogP contribution < -0.4 is 20.7 Å². The van der Waals surface area contributed by atoms with Gasteiger partial charge in [0.05, 0.1) is 14.2 Å². The summed E-state index contributed by atoms with van der Waals surface area (Å²) in [5.74, 6) is 6.49. The van der Waals surface area contributed by atoms with Crippen molar-refractivity contribution in [2.24, 2.45) is 5.84 Å². The summed E-state index contributed by atoms with van der Waals surface area (Å²) >= 11 is 0. The van der Waals surface area contributed by atoms with Crippen LogP contribution in [0, 0.1) is 0 Å². The zero-order valence-corrected chi connectivity index (χ0v) is 9.78. The molecule has 0 heterocycles. The zero-order chi connectivity index (χ0) is 12.2. The Morgan fingerprint density at radius 3 is 2.56 bits per heavy atom. The van der Waals surface area contributed by atoms with Crippen LogP contribution in [-0.4, -0.2) is 25.9 Å². The summed E-state index contributed by atoms with van der Waals surface area (Å²) in [7, 11) is 3.12. The van der Waals surface area contributed by atoms with E-state index in [9.17, 15) is 5.11 Å². The van der Waals surface area contributed by atoms with Crippen molar-refractivity contribution in [3.05, 3.63) is 23.8 Å². The first kappa shape index (κ1) is 12.8. The number of nitrogens with two attached hydrogens (primary N) is 1. The van der Waals surface area contributed by atoms with Crippen LogP contribution in [0.3, 0.4) is 0 Å². The van der Waals surface area contributed by atoms with E-state index in [1.54, 1.807) is 39.3 Å². The Balaban J connectivity index is 3.17. The van der Waals surface area contributed by atoms with E-state index >= 15 is 0 Å². The average molecular weight is 226 g/mol. The predicted molar refractivity (Wildman–Crippen MR) is 61.3 cm³/mol. The highest BCUT2D eigenvalue weighted by Gasteiger charge is 2.26. The normalized spacial score (nSPS) is 14.3. The maximum absolute atomic E-state index is 10.2. The Morgan fingerprint density at radius 2 is 2.06 bits per heavy atom. The van der Waals surface area contributed by atoms with E-state index < -0.39 is 5.60 Å². The molecule has 0 saturated carbocycles. The molecule has 1 atom stereocenters. The van der Waals surface area contributed by atoms with Crippen LogP contribution in [0.25, 0.3) is 0 Å². The number of hydrogen-bond donors (Lipinski definition) is 3. The van der Waals surface area contributed by atoms with Crippen LogP contribution in [-0.2, 0) is 5.60 Å². The second-order valence-electron chi connectivity index (χ2n) is 3.72. The van der Waals surface area contributed by atoms with Gasteiger partial charge in [0.2, 0.25) is 0 Å². The van der Waals surface area contributed by atoms with Crippen molar-refractivity contribution in [1.82, 2.24) is 5.43 Å². The SMILES string of the molecule is COc1ccc(OC)c(C(C)(O)CNN)c1. The summed E-state index contributed by atoms with van der Waals surface area (Å²) in [5.41, 5.74) is 1.96. The van der Waals surface area contributed by atoms with Gasteiger partial charge in [-0.25, -0.2) is 0 Å². The van der Waals surface area contributed by atoms with Gasteiger partial charge in [0, 0.05) is 12.1 Å². The number of rotatable bonds is 5. The smallest absolute Gasteiger partial charge is 0.125 e. The summed E-state index contributed by atoms with van der Waals surface area (Å²) in [6, 6.07) is 5.25. The highest BCUT2D eigenvalue weighted by Crippen LogP contribution is 2.32. The van der Waals surface area contributed by atoms with Crippen molar-refractivity contribution >= 4 is 0 Å². The van der Waals surface area contributed by atoms with Crippen LogP contribution in [0.1, 0.15) is 12.5 Å². The Bertz CT molecular complexity index is 353. The van der Waals surface area contributed by atoms with E-state index in [0.717, 1.165) is 0 Å². The summed E-state index contributed by atoms with van der Waals surface area (Å²) < 4.78 is 10.3. The Labute approximate surface area is 95.1 Å². The lowest BCUT2D eigenvalue weighted by molar-refractivity contribution is 0.0544. The molecule has 5 heteroatoms. The van der Waals surface area contributed by atoms with Gasteiger partial charge in [-0.15, -0.1) is 0 Å². The van der Waals surface area contributed by atoms with Crippen molar-refractivity contribution < 1.29 is 14.6 Å². The number of hydrazine groups is 1. The number of methoxy groups -OCH3 is 2. The lowest BCUT2D eigenvalue weighted by atomic mass is 9.95. The maximum Gasteiger partial charge on any atom is 0.125 e. The minimum atomic E-state index is -1.12. The highest BCUT2D eigenvalue weighted by molar-refractivity contribution is 5.43. The molecule has 0 spiro atoms. The summed E-state index contributed by atoms with van der Waals surface area (Å²) in [5, 5.41) is 10.2. The van der Waals surface area contributed by atoms with E-state index in [0.29, 0.717) is 17.1 Å². The predicted octanol–water partition coefficient (Wildman–Crippen LogP) is 0.375. The largest absolute Gasteiger partial charge is 0.497 e. The lowest BCUT2D eigenvalue weighted by Gasteiger charge is -2.25. The molecule has 0 saturated heterocycles. The fraction of sp³-hybridized carbons (Fsp3) is 0.455. The summed E-state index contributed by atoms with van der Waals surface area (Å²) in [4.78, 5) is 0. The van der Waals surface area contributed by atoms with Gasteiger partial charge in [-0.2, -0.15) is 0 Å². The molecular weight excluding hydrogens is 208 g/mol. The van der Waals surface area contributed by atoms with E-state index in [-0.39, 0.29) is 6.54 Å². The van der Waals surface area contributed by atoms with Crippen molar-refractivity contribution in [3.8, 4) is 11.5 Å². The van der Waals surface area contributed by atoms with Crippen LogP contribution in [0.2, 0.25) is 0 Å². The number of ether oxygens (including phenoxy) is 2. The fourth-order valence-corrected chi connectivity index (χ4v) is 1.53. The first-order valence-electron chi connectivity index (χ1n) is 4.93. The zero-order valence-electron chi connectivity index (χ0n) is 9.78. The molecule has 0 fully saturated rings. The van der Waals surface area contributed by atoms with Crippen LogP contribution in [0.5, 0.6) is 11.5 Å². The molecule has 0 aliphatic carbocycles. The van der Waals surface area contributed by atoms with E-state index in [2.05, 4.69) is 5.43 Å². The van der Waals surface area contributed by atoms with Gasteiger partial charge < -0.3 is 14.6 Å². The Kier molecular flexibility index (Phi) is 4.12. The molecule has 1 rings (SSSR count). The minimum absolute atomic E-state index is 0.219.